The molecule has 0 heterocycles. The van der Waals surface area contributed by atoms with E-state index in [4.69, 9.17) is 9.84 Å². The highest BCUT2D eigenvalue weighted by Gasteiger charge is 2.22. The fraction of sp³-hybridized carbons (Fsp3) is 0.923. The van der Waals surface area contributed by atoms with Gasteiger partial charge < -0.3 is 9.84 Å². The lowest BCUT2D eigenvalue weighted by atomic mass is 10.1. The number of rotatable bonds is 10. The largest absolute Gasteiger partial charge is 0.465 e. The van der Waals surface area contributed by atoms with Gasteiger partial charge in [0, 0.05) is 6.61 Å². The second kappa shape index (κ2) is 10.5. The standard InChI is InChI=1S/C13H27NO3/c1-4-9-12(13(16)17-5-2)14(3)10-7-6-8-11-15/h12,15H,4-11H2,1-3H3. The highest BCUT2D eigenvalue weighted by atomic mass is 16.5. The summed E-state index contributed by atoms with van der Waals surface area (Å²) in [5, 5.41) is 8.70. The van der Waals surface area contributed by atoms with Gasteiger partial charge in [-0.1, -0.05) is 13.3 Å². The second-order valence-electron chi connectivity index (χ2n) is 4.32. The number of nitrogens with zero attached hydrogens (tertiary/aromatic N) is 1. The molecular formula is C13H27NO3. The van der Waals surface area contributed by atoms with Gasteiger partial charge in [-0.15, -0.1) is 0 Å². The van der Waals surface area contributed by atoms with Crippen molar-refractivity contribution in [2.75, 3.05) is 26.8 Å². The first-order valence-electron chi connectivity index (χ1n) is 6.65. The van der Waals surface area contributed by atoms with Crippen LogP contribution in [0.2, 0.25) is 0 Å². The van der Waals surface area contributed by atoms with E-state index in [-0.39, 0.29) is 18.6 Å². The Bertz CT molecular complexity index is 197. The molecule has 0 bridgehead atoms. The van der Waals surface area contributed by atoms with E-state index in [0.29, 0.717) is 6.61 Å². The summed E-state index contributed by atoms with van der Waals surface area (Å²) in [6.45, 7) is 5.48. The lowest BCUT2D eigenvalue weighted by Crippen LogP contribution is -2.40. The Balaban J connectivity index is 4.04. The third kappa shape index (κ3) is 7.34. The van der Waals surface area contributed by atoms with Gasteiger partial charge in [-0.3, -0.25) is 9.69 Å². The zero-order valence-electron chi connectivity index (χ0n) is 11.4. The van der Waals surface area contributed by atoms with E-state index >= 15 is 0 Å². The van der Waals surface area contributed by atoms with Crippen LogP contribution in [0, 0.1) is 0 Å². The molecule has 1 unspecified atom stereocenters. The number of carbonyl (C=O) groups excluding carboxylic acids is 1. The molecule has 17 heavy (non-hydrogen) atoms. The predicted molar refractivity (Wildman–Crippen MR) is 68.9 cm³/mol. The molecule has 1 atom stereocenters. The zero-order valence-corrected chi connectivity index (χ0v) is 11.4. The molecule has 0 aliphatic carbocycles. The van der Waals surface area contributed by atoms with E-state index in [1.807, 2.05) is 14.0 Å². The number of likely N-dealkylation sites (N-methyl/N-ethyl adjacent to an activating group) is 1. The maximum atomic E-state index is 11.8. The molecule has 0 amide bonds. The van der Waals surface area contributed by atoms with Gasteiger partial charge in [0.15, 0.2) is 0 Å². The Labute approximate surface area is 105 Å². The Hall–Kier alpha value is -0.610. The molecule has 0 saturated heterocycles. The average Bonchev–Trinajstić information content (AvgIpc) is 2.31. The number of carbonyl (C=O) groups is 1. The Kier molecular flexibility index (Phi) is 10.2. The van der Waals surface area contributed by atoms with Crippen LogP contribution in [0.15, 0.2) is 0 Å². The highest BCUT2D eigenvalue weighted by molar-refractivity contribution is 5.75. The zero-order chi connectivity index (χ0) is 13.1. The van der Waals surface area contributed by atoms with Gasteiger partial charge in [0.2, 0.25) is 0 Å². The molecule has 0 aromatic heterocycles. The summed E-state index contributed by atoms with van der Waals surface area (Å²) >= 11 is 0. The van der Waals surface area contributed by atoms with Crippen molar-refractivity contribution in [1.29, 1.82) is 0 Å². The van der Waals surface area contributed by atoms with Crippen molar-refractivity contribution in [2.45, 2.75) is 52.0 Å². The summed E-state index contributed by atoms with van der Waals surface area (Å²) in [5.74, 6) is -0.112. The molecular weight excluding hydrogens is 218 g/mol. The molecule has 0 aromatic rings. The molecule has 102 valence electrons. The van der Waals surface area contributed by atoms with Gasteiger partial charge in [0.25, 0.3) is 0 Å². The first-order chi connectivity index (χ1) is 8.17. The third-order valence-electron chi connectivity index (χ3n) is 2.82. The molecule has 0 radical (unpaired) electrons. The first kappa shape index (κ1) is 16.4. The second-order valence-corrected chi connectivity index (χ2v) is 4.32. The Morgan fingerprint density at radius 3 is 2.53 bits per heavy atom. The first-order valence-corrected chi connectivity index (χ1v) is 6.65. The average molecular weight is 245 g/mol. The third-order valence-corrected chi connectivity index (χ3v) is 2.82. The fourth-order valence-electron chi connectivity index (χ4n) is 1.84. The normalized spacial score (nSPS) is 12.8. The van der Waals surface area contributed by atoms with E-state index in [1.165, 1.54) is 0 Å². The quantitative estimate of drug-likeness (QED) is 0.471. The van der Waals surface area contributed by atoms with Crippen LogP contribution in [-0.4, -0.2) is 48.8 Å². The molecule has 1 N–H and O–H groups in total. The number of ether oxygens (including phenoxy) is 1. The summed E-state index contributed by atoms with van der Waals surface area (Å²) < 4.78 is 5.08. The monoisotopic (exact) mass is 245 g/mol. The van der Waals surface area contributed by atoms with Crippen LogP contribution in [-0.2, 0) is 9.53 Å². The van der Waals surface area contributed by atoms with Gasteiger partial charge >= 0.3 is 5.97 Å². The molecule has 0 saturated carbocycles. The van der Waals surface area contributed by atoms with Crippen LogP contribution in [0.5, 0.6) is 0 Å². The molecule has 0 aliphatic rings. The van der Waals surface area contributed by atoms with Gasteiger partial charge in [-0.05, 0) is 46.2 Å². The molecule has 0 spiro atoms. The number of hydrogen-bond donors (Lipinski definition) is 1. The fourth-order valence-corrected chi connectivity index (χ4v) is 1.84. The van der Waals surface area contributed by atoms with E-state index in [1.54, 1.807) is 0 Å². The summed E-state index contributed by atoms with van der Waals surface area (Å²) in [6, 6.07) is -0.117. The SMILES string of the molecule is CCCC(C(=O)OCC)N(C)CCCCCO. The van der Waals surface area contributed by atoms with E-state index < -0.39 is 0 Å². The Morgan fingerprint density at radius 1 is 1.29 bits per heavy atom. The maximum Gasteiger partial charge on any atom is 0.323 e. The van der Waals surface area contributed by atoms with Gasteiger partial charge in [-0.2, -0.15) is 0 Å². The van der Waals surface area contributed by atoms with Crippen LogP contribution in [0.3, 0.4) is 0 Å². The minimum absolute atomic E-state index is 0.112. The molecule has 0 aliphatic heterocycles. The van der Waals surface area contributed by atoms with Crippen molar-refractivity contribution in [2.24, 2.45) is 0 Å². The number of aliphatic hydroxyl groups excluding tert-OH is 1. The minimum atomic E-state index is -0.117. The van der Waals surface area contributed by atoms with Crippen LogP contribution >= 0.6 is 0 Å². The summed E-state index contributed by atoms with van der Waals surface area (Å²) in [7, 11) is 1.97. The maximum absolute atomic E-state index is 11.8. The van der Waals surface area contributed by atoms with Crippen molar-refractivity contribution in [3.05, 3.63) is 0 Å². The molecule has 4 nitrogen and oxygen atoms in total. The van der Waals surface area contributed by atoms with Crippen molar-refractivity contribution in [3.8, 4) is 0 Å². The van der Waals surface area contributed by atoms with E-state index in [9.17, 15) is 4.79 Å². The highest BCUT2D eigenvalue weighted by Crippen LogP contribution is 2.09. The van der Waals surface area contributed by atoms with Gasteiger partial charge in [0.05, 0.1) is 6.61 Å². The van der Waals surface area contributed by atoms with Crippen LogP contribution in [0.4, 0.5) is 0 Å². The molecule has 0 fully saturated rings. The van der Waals surface area contributed by atoms with Crippen LogP contribution in [0.1, 0.15) is 46.0 Å². The van der Waals surface area contributed by atoms with E-state index in [0.717, 1.165) is 38.6 Å². The lowest BCUT2D eigenvalue weighted by molar-refractivity contribution is -0.149. The smallest absolute Gasteiger partial charge is 0.323 e. The van der Waals surface area contributed by atoms with Crippen LogP contribution in [0.25, 0.3) is 0 Å². The van der Waals surface area contributed by atoms with Crippen molar-refractivity contribution < 1.29 is 14.6 Å². The number of esters is 1. The van der Waals surface area contributed by atoms with Crippen molar-refractivity contribution >= 4 is 5.97 Å². The lowest BCUT2D eigenvalue weighted by Gasteiger charge is -2.25. The number of aliphatic hydroxyl groups is 1. The predicted octanol–water partition coefficient (Wildman–Crippen LogP) is 1.81. The van der Waals surface area contributed by atoms with Gasteiger partial charge in [-0.25, -0.2) is 0 Å². The topological polar surface area (TPSA) is 49.8 Å². The summed E-state index contributed by atoms with van der Waals surface area (Å²) in [6.07, 6.45) is 4.67. The summed E-state index contributed by atoms with van der Waals surface area (Å²) in [4.78, 5) is 13.8. The Morgan fingerprint density at radius 2 is 2.00 bits per heavy atom. The minimum Gasteiger partial charge on any atom is -0.465 e. The van der Waals surface area contributed by atoms with E-state index in [2.05, 4.69) is 11.8 Å². The number of hydrogen-bond acceptors (Lipinski definition) is 4. The van der Waals surface area contributed by atoms with Gasteiger partial charge in [0.1, 0.15) is 6.04 Å². The summed E-state index contributed by atoms with van der Waals surface area (Å²) in [5.41, 5.74) is 0. The number of unbranched alkanes of at least 4 members (excludes halogenated alkanes) is 2. The van der Waals surface area contributed by atoms with Crippen molar-refractivity contribution in [1.82, 2.24) is 4.90 Å². The molecule has 0 aromatic carbocycles. The molecule has 0 rings (SSSR count). The molecule has 4 heteroatoms. The van der Waals surface area contributed by atoms with Crippen LogP contribution < -0.4 is 0 Å². The van der Waals surface area contributed by atoms with Crippen molar-refractivity contribution in [3.63, 3.8) is 0 Å².